The van der Waals surface area contributed by atoms with Crippen LogP contribution in [-0.2, 0) is 16.1 Å². The molecule has 0 aliphatic carbocycles. The first kappa shape index (κ1) is 14.4. The van der Waals surface area contributed by atoms with E-state index < -0.39 is 5.60 Å². The molecule has 21 heavy (non-hydrogen) atoms. The summed E-state index contributed by atoms with van der Waals surface area (Å²) < 4.78 is 10.8. The van der Waals surface area contributed by atoms with Crippen LogP contribution in [0.5, 0.6) is 0 Å². The number of hydrogen-bond donors (Lipinski definition) is 1. The molecule has 1 N–H and O–H groups in total. The maximum Gasteiger partial charge on any atom is 0.410 e. The molecule has 1 aromatic carbocycles. The van der Waals surface area contributed by atoms with Gasteiger partial charge in [-0.25, -0.2) is 4.79 Å². The minimum absolute atomic E-state index is 0.00993. The lowest BCUT2D eigenvalue weighted by molar-refractivity contribution is -0.141. The molecule has 1 amide bonds. The average Bonchev–Trinajstić information content (AvgIpc) is 2.52. The molecule has 2 saturated heterocycles. The smallest absolute Gasteiger partial charge is 0.410 e. The first-order chi connectivity index (χ1) is 10.2. The molecular formula is C16H21NO4. The van der Waals surface area contributed by atoms with E-state index in [1.54, 1.807) is 4.90 Å². The monoisotopic (exact) mass is 291 g/mol. The summed E-state index contributed by atoms with van der Waals surface area (Å²) >= 11 is 0. The van der Waals surface area contributed by atoms with Gasteiger partial charge in [-0.15, -0.1) is 0 Å². The van der Waals surface area contributed by atoms with Crippen LogP contribution in [0.3, 0.4) is 0 Å². The number of amides is 1. The van der Waals surface area contributed by atoms with Gasteiger partial charge < -0.3 is 19.5 Å². The Morgan fingerprint density at radius 3 is 3.00 bits per heavy atom. The number of aliphatic hydroxyl groups is 1. The maximum absolute atomic E-state index is 12.1. The summed E-state index contributed by atoms with van der Waals surface area (Å²) in [6, 6.07) is 9.63. The largest absolute Gasteiger partial charge is 0.445 e. The van der Waals surface area contributed by atoms with Gasteiger partial charge in [0.1, 0.15) is 6.61 Å². The highest BCUT2D eigenvalue weighted by atomic mass is 16.6. The molecule has 114 valence electrons. The molecule has 0 spiro atoms. The van der Waals surface area contributed by atoms with Crippen LogP contribution in [-0.4, -0.2) is 48.0 Å². The molecule has 5 heteroatoms. The lowest BCUT2D eigenvalue weighted by Gasteiger charge is -2.46. The van der Waals surface area contributed by atoms with Gasteiger partial charge in [0.15, 0.2) is 0 Å². The Labute approximate surface area is 124 Å². The number of nitrogens with zero attached hydrogens (tertiary/aromatic N) is 1. The summed E-state index contributed by atoms with van der Waals surface area (Å²) in [5.74, 6) is -0.00993. The minimum atomic E-state index is -0.672. The van der Waals surface area contributed by atoms with Gasteiger partial charge >= 0.3 is 6.09 Å². The van der Waals surface area contributed by atoms with E-state index in [0.717, 1.165) is 5.56 Å². The number of carbonyl (C=O) groups excluding carboxylic acids is 1. The van der Waals surface area contributed by atoms with E-state index in [9.17, 15) is 9.90 Å². The number of piperidine rings is 1. The van der Waals surface area contributed by atoms with Crippen LogP contribution in [0.1, 0.15) is 18.4 Å². The van der Waals surface area contributed by atoms with Gasteiger partial charge in [0.05, 0.1) is 12.2 Å². The summed E-state index contributed by atoms with van der Waals surface area (Å²) in [5, 5.41) is 10.5. The van der Waals surface area contributed by atoms with E-state index >= 15 is 0 Å². The molecule has 2 heterocycles. The first-order valence-electron chi connectivity index (χ1n) is 7.43. The molecule has 2 atom stereocenters. The SMILES string of the molecule is O=C(OCc1ccccc1)N1CC[C@@]2(O)CCOC[C@H]2C1. The zero-order valence-electron chi connectivity index (χ0n) is 12.0. The van der Waals surface area contributed by atoms with Gasteiger partial charge in [-0.2, -0.15) is 0 Å². The molecule has 2 aliphatic rings. The third-order valence-electron chi connectivity index (χ3n) is 4.48. The zero-order chi connectivity index (χ0) is 14.7. The molecule has 0 bridgehead atoms. The van der Waals surface area contributed by atoms with Crippen LogP contribution in [0.25, 0.3) is 0 Å². The Bertz CT molecular complexity index is 492. The standard InChI is InChI=1S/C16H21NO4/c18-15(21-11-13-4-2-1-3-5-13)17-8-6-16(19)7-9-20-12-14(16)10-17/h1-5,14,19H,6-12H2/t14-,16-/m1/s1. The summed E-state index contributed by atoms with van der Waals surface area (Å²) in [7, 11) is 0. The molecule has 2 aliphatic heterocycles. The van der Waals surface area contributed by atoms with Gasteiger partial charge in [-0.3, -0.25) is 0 Å². The van der Waals surface area contributed by atoms with E-state index in [1.807, 2.05) is 30.3 Å². The third-order valence-corrected chi connectivity index (χ3v) is 4.48. The highest BCUT2D eigenvalue weighted by Gasteiger charge is 2.44. The van der Waals surface area contributed by atoms with Crippen LogP contribution < -0.4 is 0 Å². The Balaban J connectivity index is 1.54. The first-order valence-corrected chi connectivity index (χ1v) is 7.43. The topological polar surface area (TPSA) is 59.0 Å². The predicted octanol–water partition coefficient (Wildman–Crippen LogP) is 1.80. The number of fused-ring (bicyclic) bond motifs is 1. The lowest BCUT2D eigenvalue weighted by Crippen LogP contribution is -2.57. The van der Waals surface area contributed by atoms with Gasteiger partial charge in [-0.1, -0.05) is 30.3 Å². The Hall–Kier alpha value is -1.59. The second kappa shape index (κ2) is 6.03. The summed E-state index contributed by atoms with van der Waals surface area (Å²) in [5.41, 5.74) is 0.300. The number of hydrogen-bond acceptors (Lipinski definition) is 4. The van der Waals surface area contributed by atoms with E-state index in [1.165, 1.54) is 0 Å². The van der Waals surface area contributed by atoms with Gasteiger partial charge in [0.2, 0.25) is 0 Å². The Morgan fingerprint density at radius 2 is 2.19 bits per heavy atom. The van der Waals surface area contributed by atoms with Gasteiger partial charge in [-0.05, 0) is 18.4 Å². The van der Waals surface area contributed by atoms with Crippen molar-refractivity contribution in [2.45, 2.75) is 25.0 Å². The fourth-order valence-electron chi connectivity index (χ4n) is 3.05. The lowest BCUT2D eigenvalue weighted by atomic mass is 9.78. The highest BCUT2D eigenvalue weighted by molar-refractivity contribution is 5.67. The molecule has 0 saturated carbocycles. The Kier molecular flexibility index (Phi) is 4.12. The van der Waals surface area contributed by atoms with Crippen molar-refractivity contribution in [2.75, 3.05) is 26.3 Å². The van der Waals surface area contributed by atoms with Crippen molar-refractivity contribution in [2.24, 2.45) is 5.92 Å². The normalized spacial score (nSPS) is 28.8. The van der Waals surface area contributed by atoms with Gasteiger partial charge in [0.25, 0.3) is 0 Å². The zero-order valence-corrected chi connectivity index (χ0v) is 12.0. The van der Waals surface area contributed by atoms with Crippen molar-refractivity contribution in [1.82, 2.24) is 4.90 Å². The van der Waals surface area contributed by atoms with Crippen LogP contribution >= 0.6 is 0 Å². The number of carbonyl (C=O) groups is 1. The van der Waals surface area contributed by atoms with Crippen molar-refractivity contribution >= 4 is 6.09 Å². The number of rotatable bonds is 2. The van der Waals surface area contributed by atoms with E-state index in [2.05, 4.69) is 0 Å². The third kappa shape index (κ3) is 3.19. The molecular weight excluding hydrogens is 270 g/mol. The maximum atomic E-state index is 12.1. The molecule has 5 nitrogen and oxygen atoms in total. The van der Waals surface area contributed by atoms with Crippen LogP contribution in [0.4, 0.5) is 4.79 Å². The van der Waals surface area contributed by atoms with Crippen molar-refractivity contribution in [3.05, 3.63) is 35.9 Å². The molecule has 0 unspecified atom stereocenters. The second-order valence-electron chi connectivity index (χ2n) is 5.86. The van der Waals surface area contributed by atoms with Crippen molar-refractivity contribution in [1.29, 1.82) is 0 Å². The quantitative estimate of drug-likeness (QED) is 0.902. The van der Waals surface area contributed by atoms with Crippen molar-refractivity contribution in [3.8, 4) is 0 Å². The Morgan fingerprint density at radius 1 is 1.38 bits per heavy atom. The summed E-state index contributed by atoms with van der Waals surface area (Å²) in [4.78, 5) is 13.8. The van der Waals surface area contributed by atoms with Crippen LogP contribution in [0.15, 0.2) is 30.3 Å². The molecule has 0 radical (unpaired) electrons. The highest BCUT2D eigenvalue weighted by Crippen LogP contribution is 2.34. The number of likely N-dealkylation sites (tertiary alicyclic amines) is 1. The van der Waals surface area contributed by atoms with E-state index in [-0.39, 0.29) is 18.6 Å². The molecule has 1 aromatic rings. The van der Waals surface area contributed by atoms with Crippen LogP contribution in [0, 0.1) is 5.92 Å². The number of benzene rings is 1. The molecule has 2 fully saturated rings. The van der Waals surface area contributed by atoms with E-state index in [4.69, 9.17) is 9.47 Å². The van der Waals surface area contributed by atoms with Gasteiger partial charge in [0, 0.05) is 25.6 Å². The van der Waals surface area contributed by atoms with Crippen molar-refractivity contribution < 1.29 is 19.4 Å². The number of ether oxygens (including phenoxy) is 2. The van der Waals surface area contributed by atoms with Crippen LogP contribution in [0.2, 0.25) is 0 Å². The average molecular weight is 291 g/mol. The second-order valence-corrected chi connectivity index (χ2v) is 5.86. The summed E-state index contributed by atoms with van der Waals surface area (Å²) in [6.45, 7) is 2.44. The molecule has 3 rings (SSSR count). The fraction of sp³-hybridized carbons (Fsp3) is 0.562. The minimum Gasteiger partial charge on any atom is -0.445 e. The molecule has 0 aromatic heterocycles. The summed E-state index contributed by atoms with van der Waals surface area (Å²) in [6.07, 6.45) is 0.943. The van der Waals surface area contributed by atoms with Crippen molar-refractivity contribution in [3.63, 3.8) is 0 Å². The van der Waals surface area contributed by atoms with E-state index in [0.29, 0.717) is 39.1 Å². The fourth-order valence-corrected chi connectivity index (χ4v) is 3.05. The predicted molar refractivity (Wildman–Crippen MR) is 76.7 cm³/mol.